The third-order valence-corrected chi connectivity index (χ3v) is 4.44. The van der Waals surface area contributed by atoms with E-state index in [0.717, 1.165) is 4.31 Å². The van der Waals surface area contributed by atoms with Crippen molar-refractivity contribution in [3.8, 4) is 0 Å². The third kappa shape index (κ3) is 3.88. The Morgan fingerprint density at radius 3 is 2.20 bits per heavy atom. The maximum Gasteiger partial charge on any atom is 0.321 e. The normalized spacial score (nSPS) is 11.4. The van der Waals surface area contributed by atoms with Gasteiger partial charge in [0, 0.05) is 12.6 Å². The van der Waals surface area contributed by atoms with Crippen LogP contribution in [-0.2, 0) is 19.6 Å². The lowest BCUT2D eigenvalue weighted by Crippen LogP contribution is -2.33. The van der Waals surface area contributed by atoms with Crippen LogP contribution in [0.25, 0.3) is 0 Å². The first-order chi connectivity index (χ1) is 9.28. The lowest BCUT2D eigenvalue weighted by molar-refractivity contribution is -0.143. The number of likely N-dealkylation sites (N-methyl/N-ethyl adjacent to an activating group) is 1. The molecule has 0 saturated heterocycles. The molecule has 0 aliphatic heterocycles. The van der Waals surface area contributed by atoms with Gasteiger partial charge in [0.05, 0.1) is 11.5 Å². The number of Topliss-reactive ketones (excluding diaryl/α,β-unsaturated/α-hetero) is 1. The van der Waals surface area contributed by atoms with Crippen LogP contribution >= 0.6 is 0 Å². The van der Waals surface area contributed by atoms with Crippen molar-refractivity contribution < 1.29 is 22.7 Å². The highest BCUT2D eigenvalue weighted by atomic mass is 32.2. The highest BCUT2D eigenvalue weighted by Gasteiger charge is 2.23. The van der Waals surface area contributed by atoms with Crippen LogP contribution in [0.15, 0.2) is 29.2 Å². The number of hydrogen-bond donors (Lipinski definition) is 0. The Morgan fingerprint density at radius 2 is 1.75 bits per heavy atom. The summed E-state index contributed by atoms with van der Waals surface area (Å²) in [5.74, 6) is -0.757. The SMILES string of the molecule is CCOC(=O)CN(C)S(=O)(=O)c1ccc(C(C)=O)cc1. The molecule has 0 aliphatic rings. The van der Waals surface area contributed by atoms with Crippen LogP contribution in [0.4, 0.5) is 0 Å². The Balaban J connectivity index is 2.92. The van der Waals surface area contributed by atoms with E-state index in [-0.39, 0.29) is 23.8 Å². The molecule has 0 spiro atoms. The fraction of sp³-hybridized carbons (Fsp3) is 0.385. The second-order valence-corrected chi connectivity index (χ2v) is 6.19. The number of esters is 1. The summed E-state index contributed by atoms with van der Waals surface area (Å²) in [6, 6.07) is 5.56. The fourth-order valence-electron chi connectivity index (χ4n) is 1.51. The van der Waals surface area contributed by atoms with Gasteiger partial charge in [0.1, 0.15) is 6.54 Å². The zero-order chi connectivity index (χ0) is 15.3. The average Bonchev–Trinajstić information content (AvgIpc) is 2.38. The first-order valence-electron chi connectivity index (χ1n) is 6.02. The second-order valence-electron chi connectivity index (χ2n) is 4.15. The minimum absolute atomic E-state index is 0.0225. The number of nitrogens with zero attached hydrogens (tertiary/aromatic N) is 1. The topological polar surface area (TPSA) is 80.8 Å². The van der Waals surface area contributed by atoms with E-state index in [2.05, 4.69) is 0 Å². The molecule has 0 amide bonds. The van der Waals surface area contributed by atoms with Gasteiger partial charge < -0.3 is 4.74 Å². The summed E-state index contributed by atoms with van der Waals surface area (Å²) in [5, 5.41) is 0. The molecule has 20 heavy (non-hydrogen) atoms. The molecule has 6 nitrogen and oxygen atoms in total. The van der Waals surface area contributed by atoms with Crippen LogP contribution in [-0.4, -0.2) is 44.7 Å². The van der Waals surface area contributed by atoms with Crippen LogP contribution < -0.4 is 0 Å². The minimum Gasteiger partial charge on any atom is -0.465 e. The van der Waals surface area contributed by atoms with Crippen molar-refractivity contribution in [1.82, 2.24) is 4.31 Å². The Hall–Kier alpha value is -1.73. The van der Waals surface area contributed by atoms with E-state index in [1.807, 2.05) is 0 Å². The smallest absolute Gasteiger partial charge is 0.321 e. The number of hydrogen-bond acceptors (Lipinski definition) is 5. The molecule has 0 radical (unpaired) electrons. The van der Waals surface area contributed by atoms with Gasteiger partial charge in [0.25, 0.3) is 0 Å². The zero-order valence-electron chi connectivity index (χ0n) is 11.6. The van der Waals surface area contributed by atoms with E-state index in [1.54, 1.807) is 6.92 Å². The summed E-state index contributed by atoms with van der Waals surface area (Å²) < 4.78 is 30.0. The molecular formula is C13H17NO5S. The monoisotopic (exact) mass is 299 g/mol. The van der Waals surface area contributed by atoms with Crippen molar-refractivity contribution in [3.05, 3.63) is 29.8 Å². The lowest BCUT2D eigenvalue weighted by Gasteiger charge is -2.16. The van der Waals surface area contributed by atoms with E-state index >= 15 is 0 Å². The molecule has 1 rings (SSSR count). The molecule has 1 aromatic carbocycles. The molecule has 0 saturated carbocycles. The quantitative estimate of drug-likeness (QED) is 0.580. The number of ether oxygens (including phenoxy) is 1. The average molecular weight is 299 g/mol. The molecule has 0 bridgehead atoms. The summed E-state index contributed by atoms with van der Waals surface area (Å²) in [5.41, 5.74) is 0.428. The van der Waals surface area contributed by atoms with Crippen LogP contribution in [0.3, 0.4) is 0 Å². The number of ketones is 1. The van der Waals surface area contributed by atoms with Crippen LogP contribution in [0.5, 0.6) is 0 Å². The first-order valence-corrected chi connectivity index (χ1v) is 7.46. The minimum atomic E-state index is -3.77. The van der Waals surface area contributed by atoms with E-state index in [4.69, 9.17) is 4.74 Å². The molecule has 0 fully saturated rings. The molecule has 1 aromatic rings. The lowest BCUT2D eigenvalue weighted by atomic mass is 10.2. The number of sulfonamides is 1. The van der Waals surface area contributed by atoms with Gasteiger partial charge in [-0.05, 0) is 26.0 Å². The summed E-state index contributed by atoms with van der Waals surface area (Å²) in [6.45, 7) is 2.88. The standard InChI is InChI=1S/C13H17NO5S/c1-4-19-13(16)9-14(3)20(17,18)12-7-5-11(6-8-12)10(2)15/h5-8H,4,9H2,1-3H3. The summed E-state index contributed by atoms with van der Waals surface area (Å²) in [4.78, 5) is 22.5. The van der Waals surface area contributed by atoms with Gasteiger partial charge in [0.15, 0.2) is 5.78 Å². The predicted octanol–water partition coefficient (Wildman–Crippen LogP) is 1.07. The number of rotatable bonds is 6. The number of carbonyl (C=O) groups is 2. The largest absolute Gasteiger partial charge is 0.465 e. The Bertz CT molecular complexity index is 592. The van der Waals surface area contributed by atoms with Crippen molar-refractivity contribution >= 4 is 21.8 Å². The zero-order valence-corrected chi connectivity index (χ0v) is 12.4. The van der Waals surface area contributed by atoms with Crippen LogP contribution in [0.2, 0.25) is 0 Å². The van der Waals surface area contributed by atoms with Crippen molar-refractivity contribution in [1.29, 1.82) is 0 Å². The summed E-state index contributed by atoms with van der Waals surface area (Å²) in [7, 11) is -2.48. The summed E-state index contributed by atoms with van der Waals surface area (Å²) in [6.07, 6.45) is 0. The number of benzene rings is 1. The van der Waals surface area contributed by atoms with Crippen LogP contribution in [0, 0.1) is 0 Å². The Kier molecular flexibility index (Phi) is 5.41. The van der Waals surface area contributed by atoms with Crippen molar-refractivity contribution in [3.63, 3.8) is 0 Å². The Morgan fingerprint density at radius 1 is 1.20 bits per heavy atom. The number of carbonyl (C=O) groups excluding carboxylic acids is 2. The highest BCUT2D eigenvalue weighted by Crippen LogP contribution is 2.15. The molecule has 0 aromatic heterocycles. The van der Waals surface area contributed by atoms with Gasteiger partial charge in [-0.3, -0.25) is 9.59 Å². The molecule has 110 valence electrons. The van der Waals surface area contributed by atoms with Gasteiger partial charge in [-0.1, -0.05) is 12.1 Å². The summed E-state index contributed by atoms with van der Waals surface area (Å²) >= 11 is 0. The van der Waals surface area contributed by atoms with E-state index in [1.165, 1.54) is 38.2 Å². The third-order valence-electron chi connectivity index (χ3n) is 2.63. The molecule has 0 N–H and O–H groups in total. The fourth-order valence-corrected chi connectivity index (χ4v) is 2.63. The van der Waals surface area contributed by atoms with E-state index in [9.17, 15) is 18.0 Å². The van der Waals surface area contributed by atoms with Crippen molar-refractivity contribution in [2.24, 2.45) is 0 Å². The molecule has 0 heterocycles. The van der Waals surface area contributed by atoms with Gasteiger partial charge in [-0.25, -0.2) is 8.42 Å². The first kappa shape index (κ1) is 16.3. The predicted molar refractivity (Wildman–Crippen MR) is 72.9 cm³/mol. The Labute approximate surface area is 118 Å². The van der Waals surface area contributed by atoms with Gasteiger partial charge in [-0.15, -0.1) is 0 Å². The van der Waals surface area contributed by atoms with E-state index in [0.29, 0.717) is 5.56 Å². The maximum absolute atomic E-state index is 12.2. The van der Waals surface area contributed by atoms with E-state index < -0.39 is 16.0 Å². The highest BCUT2D eigenvalue weighted by molar-refractivity contribution is 7.89. The van der Waals surface area contributed by atoms with Gasteiger partial charge in [0.2, 0.25) is 10.0 Å². The van der Waals surface area contributed by atoms with Gasteiger partial charge >= 0.3 is 5.97 Å². The van der Waals surface area contributed by atoms with Crippen molar-refractivity contribution in [2.75, 3.05) is 20.2 Å². The van der Waals surface area contributed by atoms with Gasteiger partial charge in [-0.2, -0.15) is 4.31 Å². The molecule has 7 heteroatoms. The maximum atomic E-state index is 12.2. The second kappa shape index (κ2) is 6.62. The molecule has 0 atom stereocenters. The van der Waals surface area contributed by atoms with Crippen molar-refractivity contribution in [2.45, 2.75) is 18.7 Å². The molecule has 0 aliphatic carbocycles. The molecular weight excluding hydrogens is 282 g/mol. The van der Waals surface area contributed by atoms with Crippen LogP contribution in [0.1, 0.15) is 24.2 Å². The molecule has 0 unspecified atom stereocenters.